The molecule has 0 radical (unpaired) electrons. The third-order valence-electron chi connectivity index (χ3n) is 5.94. The first-order valence-corrected chi connectivity index (χ1v) is 9.97. The van der Waals surface area contributed by atoms with E-state index >= 15 is 0 Å². The van der Waals surface area contributed by atoms with E-state index < -0.39 is 11.9 Å². The van der Waals surface area contributed by atoms with Crippen LogP contribution in [-0.2, 0) is 6.18 Å². The molecule has 3 unspecified atom stereocenters. The molecule has 1 saturated heterocycles. The third-order valence-corrected chi connectivity index (χ3v) is 5.94. The number of anilines is 1. The Kier molecular flexibility index (Phi) is 4.70. The summed E-state index contributed by atoms with van der Waals surface area (Å²) in [6, 6.07) is 10.6. The number of aromatic amines is 1. The number of aromatic nitrogens is 3. The summed E-state index contributed by atoms with van der Waals surface area (Å²) in [4.78, 5) is 12.7. The van der Waals surface area contributed by atoms with Crippen molar-refractivity contribution < 1.29 is 17.9 Å². The van der Waals surface area contributed by atoms with Gasteiger partial charge >= 0.3 is 6.18 Å². The van der Waals surface area contributed by atoms with Gasteiger partial charge in [-0.15, -0.1) is 0 Å². The van der Waals surface area contributed by atoms with E-state index in [0.717, 1.165) is 30.3 Å². The van der Waals surface area contributed by atoms with Gasteiger partial charge in [0.05, 0.1) is 29.5 Å². The third kappa shape index (κ3) is 3.55. The number of nitrogens with one attached hydrogen (secondary N) is 2. The topological polar surface area (TPSA) is 89.9 Å². The quantitative estimate of drug-likeness (QED) is 0.661. The van der Waals surface area contributed by atoms with E-state index in [1.54, 1.807) is 0 Å². The number of para-hydroxylation sites is 1. The van der Waals surface area contributed by atoms with E-state index in [-0.39, 0.29) is 29.0 Å². The van der Waals surface area contributed by atoms with Gasteiger partial charge in [0.15, 0.2) is 0 Å². The smallest absolute Gasteiger partial charge is 0.431 e. The normalized spacial score (nSPS) is 23.9. The van der Waals surface area contributed by atoms with Gasteiger partial charge in [-0.3, -0.25) is 4.90 Å². The highest BCUT2D eigenvalue weighted by Crippen LogP contribution is 2.39. The van der Waals surface area contributed by atoms with Crippen LogP contribution in [0.1, 0.15) is 23.7 Å². The molecular weight excluding hydrogens is 409 g/mol. The Hall–Kier alpha value is -3.32. The molecule has 1 aromatic carbocycles. The number of halogens is 3. The second kappa shape index (κ2) is 7.42. The SMILES string of the molecule is N#CC1CCN(C2COc3ccccc3C2Nc2ncnc3[nH]c(C(F)(F)F)cc23)C1. The number of hydrogen-bond acceptors (Lipinski definition) is 6. The summed E-state index contributed by atoms with van der Waals surface area (Å²) >= 11 is 0. The fraction of sp³-hybridized carbons (Fsp3) is 0.381. The van der Waals surface area contributed by atoms with Gasteiger partial charge in [0.1, 0.15) is 35.8 Å². The molecule has 4 heterocycles. The highest BCUT2D eigenvalue weighted by atomic mass is 19.4. The number of likely N-dealkylation sites (tertiary alicyclic amines) is 1. The minimum absolute atomic E-state index is 0.0393. The lowest BCUT2D eigenvalue weighted by molar-refractivity contribution is -0.140. The molecule has 0 saturated carbocycles. The van der Waals surface area contributed by atoms with Crippen molar-refractivity contribution in [3.8, 4) is 11.8 Å². The van der Waals surface area contributed by atoms with Crippen molar-refractivity contribution in [2.24, 2.45) is 5.92 Å². The van der Waals surface area contributed by atoms with Crippen LogP contribution in [0.25, 0.3) is 11.0 Å². The summed E-state index contributed by atoms with van der Waals surface area (Å²) in [6.45, 7) is 1.79. The Morgan fingerprint density at radius 1 is 1.26 bits per heavy atom. The van der Waals surface area contributed by atoms with Crippen LogP contribution in [0.5, 0.6) is 5.75 Å². The fourth-order valence-corrected chi connectivity index (χ4v) is 4.39. The monoisotopic (exact) mass is 428 g/mol. The van der Waals surface area contributed by atoms with Crippen LogP contribution in [0.3, 0.4) is 0 Å². The fourth-order valence-electron chi connectivity index (χ4n) is 4.39. The van der Waals surface area contributed by atoms with Crippen LogP contribution < -0.4 is 10.1 Å². The number of alkyl halides is 3. The number of hydrogen-bond donors (Lipinski definition) is 2. The molecule has 7 nitrogen and oxygen atoms in total. The lowest BCUT2D eigenvalue weighted by atomic mass is 9.95. The molecule has 0 spiro atoms. The predicted octanol–water partition coefficient (Wildman–Crippen LogP) is 3.74. The molecule has 2 aromatic heterocycles. The van der Waals surface area contributed by atoms with Gasteiger partial charge < -0.3 is 15.0 Å². The van der Waals surface area contributed by atoms with Crippen LogP contribution in [-0.4, -0.2) is 45.6 Å². The summed E-state index contributed by atoms with van der Waals surface area (Å²) < 4.78 is 45.6. The second-order valence-electron chi connectivity index (χ2n) is 7.81. The molecular formula is C21H19F3N6O. The van der Waals surface area contributed by atoms with Crippen molar-refractivity contribution in [2.45, 2.75) is 24.7 Å². The average molecular weight is 428 g/mol. The second-order valence-corrected chi connectivity index (χ2v) is 7.81. The molecule has 31 heavy (non-hydrogen) atoms. The van der Waals surface area contributed by atoms with E-state index in [1.165, 1.54) is 6.33 Å². The first-order valence-electron chi connectivity index (χ1n) is 9.97. The molecule has 2 aliphatic heterocycles. The maximum absolute atomic E-state index is 13.2. The van der Waals surface area contributed by atoms with Crippen molar-refractivity contribution in [2.75, 3.05) is 25.0 Å². The van der Waals surface area contributed by atoms with Crippen LogP contribution in [0, 0.1) is 17.2 Å². The number of nitrogens with zero attached hydrogens (tertiary/aromatic N) is 4. The van der Waals surface area contributed by atoms with Crippen molar-refractivity contribution in [1.29, 1.82) is 5.26 Å². The van der Waals surface area contributed by atoms with Gasteiger partial charge in [-0.05, 0) is 18.6 Å². The number of ether oxygens (including phenoxy) is 1. The van der Waals surface area contributed by atoms with Crippen molar-refractivity contribution in [1.82, 2.24) is 19.9 Å². The van der Waals surface area contributed by atoms with Crippen LogP contribution >= 0.6 is 0 Å². The molecule has 1 fully saturated rings. The Morgan fingerprint density at radius 3 is 2.87 bits per heavy atom. The highest BCUT2D eigenvalue weighted by molar-refractivity contribution is 5.88. The van der Waals surface area contributed by atoms with Crippen LogP contribution in [0.2, 0.25) is 0 Å². The molecule has 0 aliphatic carbocycles. The van der Waals surface area contributed by atoms with Gasteiger partial charge in [-0.25, -0.2) is 9.97 Å². The van der Waals surface area contributed by atoms with Gasteiger partial charge in [-0.2, -0.15) is 18.4 Å². The zero-order valence-corrected chi connectivity index (χ0v) is 16.4. The minimum atomic E-state index is -4.51. The van der Waals surface area contributed by atoms with E-state index in [2.05, 4.69) is 31.2 Å². The van der Waals surface area contributed by atoms with Gasteiger partial charge in [0.25, 0.3) is 0 Å². The number of benzene rings is 1. The molecule has 2 N–H and O–H groups in total. The van der Waals surface area contributed by atoms with Crippen molar-refractivity contribution in [3.05, 3.63) is 47.9 Å². The number of rotatable bonds is 3. The molecule has 10 heteroatoms. The summed E-state index contributed by atoms with van der Waals surface area (Å²) in [7, 11) is 0. The molecule has 160 valence electrons. The highest BCUT2D eigenvalue weighted by Gasteiger charge is 2.39. The molecule has 3 aromatic rings. The van der Waals surface area contributed by atoms with Gasteiger partial charge in [-0.1, -0.05) is 18.2 Å². The lowest BCUT2D eigenvalue weighted by Gasteiger charge is -2.39. The zero-order chi connectivity index (χ0) is 21.6. The number of nitriles is 1. The molecule has 0 amide bonds. The number of H-pyrrole nitrogens is 1. The van der Waals surface area contributed by atoms with E-state index in [4.69, 9.17) is 4.74 Å². The van der Waals surface area contributed by atoms with Crippen LogP contribution in [0.15, 0.2) is 36.7 Å². The van der Waals surface area contributed by atoms with Crippen molar-refractivity contribution in [3.63, 3.8) is 0 Å². The Balaban J connectivity index is 1.53. The predicted molar refractivity (Wildman–Crippen MR) is 106 cm³/mol. The summed E-state index contributed by atoms with van der Waals surface area (Å²) in [5, 5.41) is 12.9. The standard InChI is InChI=1S/C21H19F3N6O/c22-21(23,24)17-7-14-19(28-17)26-11-27-20(14)29-18-13-3-1-2-4-16(13)31-10-15(18)30-6-5-12(8-25)9-30/h1-4,7,11-12,15,18H,5-6,9-10H2,(H2,26,27,28,29). The Bertz CT molecular complexity index is 1150. The first kappa shape index (κ1) is 19.6. The minimum Gasteiger partial charge on any atom is -0.491 e. The molecule has 3 atom stereocenters. The Labute approximate surface area is 175 Å². The maximum atomic E-state index is 13.2. The Morgan fingerprint density at radius 2 is 2.10 bits per heavy atom. The molecule has 0 bridgehead atoms. The summed E-state index contributed by atoms with van der Waals surface area (Å²) in [5.41, 5.74) is 0.149. The van der Waals surface area contributed by atoms with E-state index in [1.807, 2.05) is 24.3 Å². The van der Waals surface area contributed by atoms with E-state index in [9.17, 15) is 18.4 Å². The van der Waals surface area contributed by atoms with Gasteiger partial charge in [0.2, 0.25) is 0 Å². The first-order chi connectivity index (χ1) is 14.9. The zero-order valence-electron chi connectivity index (χ0n) is 16.4. The average Bonchev–Trinajstić information content (AvgIpc) is 3.41. The van der Waals surface area contributed by atoms with E-state index in [0.29, 0.717) is 19.0 Å². The largest absolute Gasteiger partial charge is 0.491 e. The van der Waals surface area contributed by atoms with Crippen LogP contribution in [0.4, 0.5) is 19.0 Å². The van der Waals surface area contributed by atoms with Gasteiger partial charge in [0, 0.05) is 18.7 Å². The summed E-state index contributed by atoms with van der Waals surface area (Å²) in [5.74, 6) is 1.00. The lowest BCUT2D eigenvalue weighted by Crippen LogP contribution is -2.47. The van der Waals surface area contributed by atoms with Crippen molar-refractivity contribution >= 4 is 16.9 Å². The summed E-state index contributed by atoms with van der Waals surface area (Å²) in [6.07, 6.45) is -2.48. The number of fused-ring (bicyclic) bond motifs is 2. The maximum Gasteiger partial charge on any atom is 0.431 e. The molecule has 2 aliphatic rings. The molecule has 5 rings (SSSR count).